The van der Waals surface area contributed by atoms with Gasteiger partial charge in [0.15, 0.2) is 11.4 Å². The minimum Gasteiger partial charge on any atom is -0.370 e. The number of benzene rings is 2. The number of fused-ring (bicyclic) bond motifs is 4. The maximum atomic E-state index is 15.0. The molecule has 1 N–H and O–H groups in total. The standard InChI is InChI=1S/C41H44F6N10O4S/c1-51-20-29-32(21-51)48-49-36(29)38(58)54-16-25-14-53(15-26(25)17-54)34-8-7-27(11-31(34)41(45,46)47)57-35-22-56(62(2,60)61)10-9-28(35)37(50-57)39(59)55-18-23-12-52(13-24(23)19-55)33-6-4-3-5-30(33)40(42,43)44/h3-8,11,23-26H,9-10,12-22H2,1-2H3,(H,48,49)/t23-,24+,25-,26+. The summed E-state index contributed by atoms with van der Waals surface area (Å²) in [5.41, 5.74) is 1.39. The molecule has 6 aliphatic heterocycles. The molecule has 0 saturated carbocycles. The molecule has 2 amide bonds. The van der Waals surface area contributed by atoms with Crippen LogP contribution in [0.3, 0.4) is 0 Å². The number of hydrogen-bond acceptors (Lipinski definition) is 9. The maximum Gasteiger partial charge on any atom is 0.418 e. The van der Waals surface area contributed by atoms with Crippen LogP contribution in [0.25, 0.3) is 5.69 Å². The molecule has 10 rings (SSSR count). The molecule has 4 fully saturated rings. The lowest BCUT2D eigenvalue weighted by Crippen LogP contribution is -2.37. The monoisotopic (exact) mass is 886 g/mol. The number of alkyl halides is 6. The van der Waals surface area contributed by atoms with Crippen molar-refractivity contribution < 1.29 is 44.3 Å². The van der Waals surface area contributed by atoms with Crippen LogP contribution in [0.5, 0.6) is 0 Å². The predicted octanol–water partition coefficient (Wildman–Crippen LogP) is 4.31. The van der Waals surface area contributed by atoms with Crippen LogP contribution in [-0.2, 0) is 48.4 Å². The molecule has 0 unspecified atom stereocenters. The molecule has 0 aliphatic carbocycles. The number of carbonyl (C=O) groups excluding carboxylic acids is 2. The number of aromatic nitrogens is 4. The summed E-state index contributed by atoms with van der Waals surface area (Å²) in [5.74, 6) is -0.975. The normalized spacial score (nSPS) is 24.3. The highest BCUT2D eigenvalue weighted by Gasteiger charge is 2.47. The second-order valence-corrected chi connectivity index (χ2v) is 19.7. The van der Waals surface area contributed by atoms with Gasteiger partial charge in [0.1, 0.15) is 0 Å². The molecular weight excluding hydrogens is 843 g/mol. The van der Waals surface area contributed by atoms with E-state index in [4.69, 9.17) is 0 Å². The first-order chi connectivity index (χ1) is 29.3. The van der Waals surface area contributed by atoms with Gasteiger partial charge >= 0.3 is 12.4 Å². The summed E-state index contributed by atoms with van der Waals surface area (Å²) >= 11 is 0. The molecule has 14 nitrogen and oxygen atoms in total. The Morgan fingerprint density at radius 1 is 0.710 bits per heavy atom. The van der Waals surface area contributed by atoms with Crippen LogP contribution in [0.1, 0.15) is 54.6 Å². The summed E-state index contributed by atoms with van der Waals surface area (Å²) in [6.07, 6.45) is -8.17. The summed E-state index contributed by atoms with van der Waals surface area (Å²) in [7, 11) is -1.77. The van der Waals surface area contributed by atoms with Crippen LogP contribution in [0.4, 0.5) is 37.7 Å². The van der Waals surface area contributed by atoms with Crippen molar-refractivity contribution in [1.82, 2.24) is 39.0 Å². The van der Waals surface area contributed by atoms with Gasteiger partial charge in [-0.05, 0) is 43.8 Å². The first kappa shape index (κ1) is 40.9. The van der Waals surface area contributed by atoms with E-state index in [0.717, 1.165) is 29.6 Å². The van der Waals surface area contributed by atoms with Crippen molar-refractivity contribution >= 4 is 33.2 Å². The number of H-pyrrole nitrogens is 1. The van der Waals surface area contributed by atoms with Gasteiger partial charge in [-0.25, -0.2) is 13.1 Å². The van der Waals surface area contributed by atoms with Gasteiger partial charge in [-0.3, -0.25) is 19.6 Å². The van der Waals surface area contributed by atoms with Crippen LogP contribution in [0.15, 0.2) is 42.5 Å². The smallest absolute Gasteiger partial charge is 0.370 e. The summed E-state index contributed by atoms with van der Waals surface area (Å²) in [5, 5.41) is 11.9. The van der Waals surface area contributed by atoms with E-state index in [1.54, 1.807) is 25.7 Å². The van der Waals surface area contributed by atoms with Gasteiger partial charge in [0.2, 0.25) is 10.0 Å². The van der Waals surface area contributed by atoms with Crippen LogP contribution in [0.2, 0.25) is 0 Å². The second-order valence-electron chi connectivity index (χ2n) is 17.7. The van der Waals surface area contributed by atoms with Crippen LogP contribution in [-0.4, -0.2) is 131 Å². The molecule has 8 heterocycles. The Labute approximate surface area is 353 Å². The third-order valence-electron chi connectivity index (χ3n) is 13.7. The summed E-state index contributed by atoms with van der Waals surface area (Å²) in [4.78, 5) is 36.6. The number of nitrogens with zero attached hydrogens (tertiary/aromatic N) is 9. The molecule has 4 saturated heterocycles. The fourth-order valence-electron chi connectivity index (χ4n) is 10.7. The molecule has 21 heteroatoms. The van der Waals surface area contributed by atoms with Crippen molar-refractivity contribution in [2.75, 3.05) is 82.0 Å². The van der Waals surface area contributed by atoms with Crippen molar-refractivity contribution in [3.05, 3.63) is 87.5 Å². The van der Waals surface area contributed by atoms with E-state index in [2.05, 4.69) is 20.2 Å². The molecule has 62 heavy (non-hydrogen) atoms. The molecule has 4 aromatic rings. The van der Waals surface area contributed by atoms with Gasteiger partial charge in [0, 0.05) is 118 Å². The van der Waals surface area contributed by atoms with E-state index in [9.17, 15) is 31.2 Å². The minimum absolute atomic E-state index is 0.0114. The molecule has 4 atom stereocenters. The number of para-hydroxylation sites is 1. The third-order valence-corrected chi connectivity index (χ3v) is 14.9. The van der Waals surface area contributed by atoms with Gasteiger partial charge in [0.25, 0.3) is 11.8 Å². The third kappa shape index (κ3) is 6.99. The number of rotatable bonds is 6. The Kier molecular flexibility index (Phi) is 9.53. The number of hydrogen-bond donors (Lipinski definition) is 1. The fourth-order valence-corrected chi connectivity index (χ4v) is 11.5. The Bertz CT molecular complexity index is 2570. The van der Waals surface area contributed by atoms with E-state index < -0.39 is 39.4 Å². The molecule has 2 aromatic heterocycles. The quantitative estimate of drug-likeness (QED) is 0.282. The summed E-state index contributed by atoms with van der Waals surface area (Å²) < 4.78 is 114. The lowest BCUT2D eigenvalue weighted by atomic mass is 10.0. The fraction of sp³-hybridized carbons (Fsp3) is 0.512. The van der Waals surface area contributed by atoms with E-state index in [1.807, 2.05) is 7.05 Å². The van der Waals surface area contributed by atoms with Crippen molar-refractivity contribution in [1.29, 1.82) is 0 Å². The predicted molar refractivity (Wildman–Crippen MR) is 213 cm³/mol. The van der Waals surface area contributed by atoms with Crippen molar-refractivity contribution in [2.24, 2.45) is 23.7 Å². The zero-order valence-corrected chi connectivity index (χ0v) is 34.7. The van der Waals surface area contributed by atoms with Gasteiger partial charge in [-0.2, -0.15) is 40.8 Å². The molecule has 0 bridgehead atoms. The highest BCUT2D eigenvalue weighted by molar-refractivity contribution is 7.88. The van der Waals surface area contributed by atoms with Crippen molar-refractivity contribution in [2.45, 2.75) is 38.4 Å². The number of likely N-dealkylation sites (tertiary alicyclic amines) is 2. The van der Waals surface area contributed by atoms with Gasteiger partial charge in [-0.15, -0.1) is 0 Å². The number of nitrogens with one attached hydrogen (secondary N) is 1. The highest BCUT2D eigenvalue weighted by atomic mass is 32.2. The van der Waals surface area contributed by atoms with Gasteiger partial charge in [-0.1, -0.05) is 12.1 Å². The van der Waals surface area contributed by atoms with E-state index in [-0.39, 0.29) is 90.6 Å². The maximum absolute atomic E-state index is 15.0. The van der Waals surface area contributed by atoms with Crippen LogP contribution < -0.4 is 9.80 Å². The highest BCUT2D eigenvalue weighted by Crippen LogP contribution is 2.44. The molecule has 6 aliphatic rings. The number of carbonyl (C=O) groups is 2. The molecular formula is C41H44F6N10O4S. The Morgan fingerprint density at radius 2 is 1.27 bits per heavy atom. The van der Waals surface area contributed by atoms with Crippen molar-refractivity contribution in [3.63, 3.8) is 0 Å². The minimum atomic E-state index is -4.79. The Hall–Kier alpha value is -5.15. The van der Waals surface area contributed by atoms with E-state index >= 15 is 13.2 Å². The SMILES string of the molecule is CN1Cc2[nH]nc(C(=O)N3C[C@@H]4CN(c5ccc(-n6nc(C(=O)N7C[C@@H]8CN(c9ccccc9C(F)(F)F)C[C@@H]8C7)c7c6CN(S(C)(=O)=O)CC7)cc5C(F)(F)F)C[C@@H]4C3)c2C1. The average Bonchev–Trinajstić information content (AvgIpc) is 4.06. The lowest BCUT2D eigenvalue weighted by Gasteiger charge is -2.27. The van der Waals surface area contributed by atoms with Crippen LogP contribution in [0, 0.1) is 23.7 Å². The number of aromatic amines is 1. The number of halogens is 6. The zero-order valence-electron chi connectivity index (χ0n) is 33.9. The summed E-state index contributed by atoms with van der Waals surface area (Å²) in [6.45, 7) is 3.66. The second kappa shape index (κ2) is 14.4. The Balaban J connectivity index is 0.896. The van der Waals surface area contributed by atoms with E-state index in [1.165, 1.54) is 33.3 Å². The number of sulfonamides is 1. The first-order valence-corrected chi connectivity index (χ1v) is 22.4. The zero-order chi connectivity index (χ0) is 43.6. The molecule has 0 spiro atoms. The van der Waals surface area contributed by atoms with Gasteiger partial charge in [0.05, 0.1) is 41.0 Å². The van der Waals surface area contributed by atoms with E-state index in [0.29, 0.717) is 63.6 Å². The number of amides is 2. The average molecular weight is 887 g/mol. The first-order valence-electron chi connectivity index (χ1n) is 20.6. The summed E-state index contributed by atoms with van der Waals surface area (Å²) in [6, 6.07) is 9.29. The molecule has 2 aromatic carbocycles. The molecule has 330 valence electrons. The largest absolute Gasteiger partial charge is 0.418 e. The van der Waals surface area contributed by atoms with Crippen LogP contribution >= 0.6 is 0 Å². The number of anilines is 2. The van der Waals surface area contributed by atoms with Crippen molar-refractivity contribution in [3.8, 4) is 5.69 Å². The Morgan fingerprint density at radius 3 is 1.85 bits per heavy atom. The topological polar surface area (TPSA) is 134 Å². The lowest BCUT2D eigenvalue weighted by molar-refractivity contribution is -0.137. The van der Waals surface area contributed by atoms with Gasteiger partial charge < -0.3 is 19.6 Å². The molecule has 0 radical (unpaired) electrons.